The normalized spacial score (nSPS) is 11.5. The average molecular weight is 189 g/mol. The zero-order chi connectivity index (χ0) is 10.6. The molecule has 0 N–H and O–H groups in total. The molecule has 0 atom stereocenters. The molecule has 0 fully saturated rings. The number of aromatic nitrogens is 1. The highest BCUT2D eigenvalue weighted by molar-refractivity contribution is 5.98. The quantitative estimate of drug-likeness (QED) is 0.684. The topological polar surface area (TPSA) is 30.0 Å². The molecule has 1 aromatic rings. The Labute approximate surface area is 84.7 Å². The summed E-state index contributed by atoms with van der Waals surface area (Å²) in [5, 5.41) is 0. The summed E-state index contributed by atoms with van der Waals surface area (Å²) in [5.74, 6) is 0.186. The smallest absolute Gasteiger partial charge is 0.158 e. The summed E-state index contributed by atoms with van der Waals surface area (Å²) in [4.78, 5) is 15.5. The maximum absolute atomic E-state index is 11.3. The van der Waals surface area contributed by atoms with Gasteiger partial charge in [0.25, 0.3) is 0 Å². The van der Waals surface area contributed by atoms with Gasteiger partial charge in [0.05, 0.1) is 0 Å². The first-order chi connectivity index (χ1) is 6.63. The third-order valence-corrected chi connectivity index (χ3v) is 2.08. The first-order valence-electron chi connectivity index (χ1n) is 4.77. The predicted molar refractivity (Wildman–Crippen MR) is 57.9 cm³/mol. The Hall–Kier alpha value is -1.44. The van der Waals surface area contributed by atoms with E-state index in [0.29, 0.717) is 6.42 Å². The van der Waals surface area contributed by atoms with E-state index in [-0.39, 0.29) is 5.78 Å². The maximum atomic E-state index is 11.3. The lowest BCUT2D eigenvalue weighted by Gasteiger charge is -1.98. The number of ketones is 1. The molecule has 0 spiro atoms. The highest BCUT2D eigenvalue weighted by atomic mass is 16.1. The molecule has 0 unspecified atom stereocenters. The van der Waals surface area contributed by atoms with Gasteiger partial charge in [0.2, 0.25) is 0 Å². The van der Waals surface area contributed by atoms with Crippen molar-refractivity contribution in [3.8, 4) is 0 Å². The van der Waals surface area contributed by atoms with Crippen LogP contribution in [0, 0.1) is 6.92 Å². The third-order valence-electron chi connectivity index (χ3n) is 2.08. The molecule has 1 aromatic heterocycles. The van der Waals surface area contributed by atoms with Crippen molar-refractivity contribution in [1.82, 2.24) is 4.98 Å². The van der Waals surface area contributed by atoms with Crippen LogP contribution in [0.1, 0.15) is 31.5 Å². The molecule has 14 heavy (non-hydrogen) atoms. The molecular formula is C12H15NO. The van der Waals surface area contributed by atoms with E-state index in [0.717, 1.165) is 16.8 Å². The van der Waals surface area contributed by atoms with Crippen LogP contribution >= 0.6 is 0 Å². The average Bonchev–Trinajstić information content (AvgIpc) is 2.20. The number of aryl methyl sites for hydroxylation is 1. The molecule has 0 saturated carbocycles. The molecule has 2 heteroatoms. The maximum Gasteiger partial charge on any atom is 0.158 e. The van der Waals surface area contributed by atoms with Crippen molar-refractivity contribution >= 4 is 11.9 Å². The van der Waals surface area contributed by atoms with Crippen LogP contribution in [0.2, 0.25) is 0 Å². The zero-order valence-corrected chi connectivity index (χ0v) is 8.87. The van der Waals surface area contributed by atoms with Crippen LogP contribution in [-0.4, -0.2) is 10.8 Å². The van der Waals surface area contributed by atoms with Crippen LogP contribution in [0.5, 0.6) is 0 Å². The largest absolute Gasteiger partial charge is 0.295 e. The van der Waals surface area contributed by atoms with Crippen LogP contribution in [0.15, 0.2) is 23.9 Å². The van der Waals surface area contributed by atoms with E-state index < -0.39 is 0 Å². The van der Waals surface area contributed by atoms with E-state index in [1.807, 2.05) is 39.0 Å². The van der Waals surface area contributed by atoms with E-state index in [9.17, 15) is 4.79 Å². The molecule has 0 bridgehead atoms. The lowest BCUT2D eigenvalue weighted by molar-refractivity contribution is -0.115. The fourth-order valence-electron chi connectivity index (χ4n) is 1.17. The Bertz CT molecular complexity index is 349. The summed E-state index contributed by atoms with van der Waals surface area (Å²) in [6, 6.07) is 3.91. The zero-order valence-electron chi connectivity index (χ0n) is 8.87. The van der Waals surface area contributed by atoms with Gasteiger partial charge in [-0.2, -0.15) is 0 Å². The van der Waals surface area contributed by atoms with Gasteiger partial charge in [-0.05, 0) is 37.1 Å². The minimum atomic E-state index is 0.186. The lowest BCUT2D eigenvalue weighted by Crippen LogP contribution is -1.96. The number of hydrogen-bond donors (Lipinski definition) is 0. The van der Waals surface area contributed by atoms with Crippen LogP contribution in [0.3, 0.4) is 0 Å². The standard InChI is InChI=1S/C12H15NO/c1-4-12(14)9(2)7-11-6-5-10(3)13-8-11/h5-8H,4H2,1-3H3. The molecule has 2 nitrogen and oxygen atoms in total. The van der Waals surface area contributed by atoms with Gasteiger partial charge < -0.3 is 0 Å². The Morgan fingerprint density at radius 3 is 2.71 bits per heavy atom. The Balaban J connectivity index is 2.86. The van der Waals surface area contributed by atoms with Crippen LogP contribution < -0.4 is 0 Å². The summed E-state index contributed by atoms with van der Waals surface area (Å²) >= 11 is 0. The highest BCUT2D eigenvalue weighted by Gasteiger charge is 2.00. The summed E-state index contributed by atoms with van der Waals surface area (Å²) in [5.41, 5.74) is 2.76. The Kier molecular flexibility index (Phi) is 3.57. The second-order valence-electron chi connectivity index (χ2n) is 3.34. The number of hydrogen-bond acceptors (Lipinski definition) is 2. The predicted octanol–water partition coefficient (Wildman–Crippen LogP) is 2.77. The number of carbonyl (C=O) groups is 1. The first-order valence-corrected chi connectivity index (χ1v) is 4.77. The lowest BCUT2D eigenvalue weighted by atomic mass is 10.1. The van der Waals surface area contributed by atoms with E-state index in [2.05, 4.69) is 4.98 Å². The highest BCUT2D eigenvalue weighted by Crippen LogP contribution is 2.07. The van der Waals surface area contributed by atoms with Gasteiger partial charge in [-0.1, -0.05) is 13.0 Å². The molecule has 0 aliphatic heterocycles. The van der Waals surface area contributed by atoms with Crippen molar-refractivity contribution in [2.75, 3.05) is 0 Å². The molecule has 74 valence electrons. The first kappa shape index (κ1) is 10.6. The molecule has 0 saturated heterocycles. The molecule has 0 aromatic carbocycles. The second-order valence-corrected chi connectivity index (χ2v) is 3.34. The minimum absolute atomic E-state index is 0.186. The number of nitrogens with zero attached hydrogens (tertiary/aromatic N) is 1. The second kappa shape index (κ2) is 4.70. The van der Waals surface area contributed by atoms with Crippen LogP contribution in [0.4, 0.5) is 0 Å². The van der Waals surface area contributed by atoms with Crippen molar-refractivity contribution in [3.63, 3.8) is 0 Å². The van der Waals surface area contributed by atoms with Crippen LogP contribution in [-0.2, 0) is 4.79 Å². The Morgan fingerprint density at radius 1 is 1.50 bits per heavy atom. The number of Topliss-reactive ketones (excluding diaryl/α,β-unsaturated/α-hetero) is 1. The number of allylic oxidation sites excluding steroid dienone is 1. The van der Waals surface area contributed by atoms with Crippen molar-refractivity contribution < 1.29 is 4.79 Å². The summed E-state index contributed by atoms with van der Waals surface area (Å²) in [6.45, 7) is 5.65. The molecule has 1 heterocycles. The number of carbonyl (C=O) groups excluding carboxylic acids is 1. The molecule has 0 aliphatic carbocycles. The number of rotatable bonds is 3. The molecule has 0 radical (unpaired) electrons. The van der Waals surface area contributed by atoms with E-state index in [4.69, 9.17) is 0 Å². The fraction of sp³-hybridized carbons (Fsp3) is 0.333. The van der Waals surface area contributed by atoms with Gasteiger partial charge >= 0.3 is 0 Å². The van der Waals surface area contributed by atoms with Gasteiger partial charge in [0, 0.05) is 18.3 Å². The fourth-order valence-corrected chi connectivity index (χ4v) is 1.17. The number of pyridine rings is 1. The van der Waals surface area contributed by atoms with E-state index in [1.165, 1.54) is 0 Å². The van der Waals surface area contributed by atoms with Crippen LogP contribution in [0.25, 0.3) is 6.08 Å². The van der Waals surface area contributed by atoms with Gasteiger partial charge in [-0.3, -0.25) is 9.78 Å². The molecule has 1 rings (SSSR count). The van der Waals surface area contributed by atoms with E-state index in [1.54, 1.807) is 6.20 Å². The van der Waals surface area contributed by atoms with E-state index >= 15 is 0 Å². The van der Waals surface area contributed by atoms with Gasteiger partial charge in [0.1, 0.15) is 0 Å². The summed E-state index contributed by atoms with van der Waals surface area (Å²) < 4.78 is 0. The summed E-state index contributed by atoms with van der Waals surface area (Å²) in [6.07, 6.45) is 4.21. The van der Waals surface area contributed by atoms with Gasteiger partial charge in [-0.25, -0.2) is 0 Å². The minimum Gasteiger partial charge on any atom is -0.295 e. The SMILES string of the molecule is CCC(=O)C(C)=Cc1ccc(C)nc1. The van der Waals surface area contributed by atoms with Gasteiger partial charge in [0.15, 0.2) is 5.78 Å². The van der Waals surface area contributed by atoms with Gasteiger partial charge in [-0.15, -0.1) is 0 Å². The van der Waals surface area contributed by atoms with Crippen molar-refractivity contribution in [1.29, 1.82) is 0 Å². The Morgan fingerprint density at radius 2 is 2.21 bits per heavy atom. The summed E-state index contributed by atoms with van der Waals surface area (Å²) in [7, 11) is 0. The third kappa shape index (κ3) is 2.80. The molecule has 0 amide bonds. The monoisotopic (exact) mass is 189 g/mol. The van der Waals surface area contributed by atoms with Crippen molar-refractivity contribution in [2.45, 2.75) is 27.2 Å². The van der Waals surface area contributed by atoms with Crippen molar-refractivity contribution in [2.24, 2.45) is 0 Å². The van der Waals surface area contributed by atoms with Crippen molar-refractivity contribution in [3.05, 3.63) is 35.2 Å². The molecular weight excluding hydrogens is 174 g/mol. The molecule has 0 aliphatic rings.